The maximum Gasteiger partial charge on any atom is 0.276 e. The summed E-state index contributed by atoms with van der Waals surface area (Å²) < 4.78 is 41.7. The summed E-state index contributed by atoms with van der Waals surface area (Å²) in [7, 11) is 1.25. The van der Waals surface area contributed by atoms with Gasteiger partial charge in [0.1, 0.15) is 29.1 Å². The predicted molar refractivity (Wildman–Crippen MR) is 130 cm³/mol. The van der Waals surface area contributed by atoms with Crippen molar-refractivity contribution >= 4 is 35.4 Å². The molecule has 2 saturated heterocycles. The van der Waals surface area contributed by atoms with Gasteiger partial charge in [0.15, 0.2) is 18.0 Å². The first kappa shape index (κ1) is 27.7. The maximum absolute atomic E-state index is 15.2. The van der Waals surface area contributed by atoms with Crippen LogP contribution < -0.4 is 15.7 Å². The Kier molecular flexibility index (Phi) is 8.15. The fourth-order valence-corrected chi connectivity index (χ4v) is 4.61. The summed E-state index contributed by atoms with van der Waals surface area (Å²) in [4.78, 5) is 44.6. The van der Waals surface area contributed by atoms with Crippen molar-refractivity contribution in [2.45, 2.75) is 37.9 Å². The second-order valence-corrected chi connectivity index (χ2v) is 9.48. The van der Waals surface area contributed by atoms with E-state index >= 15 is 8.78 Å². The van der Waals surface area contributed by atoms with E-state index in [-0.39, 0.29) is 43.1 Å². The van der Waals surface area contributed by atoms with Gasteiger partial charge in [-0.1, -0.05) is 12.6 Å². The molecule has 16 heteroatoms. The van der Waals surface area contributed by atoms with Crippen LogP contribution in [-0.2, 0) is 23.9 Å². The van der Waals surface area contributed by atoms with Crippen molar-refractivity contribution in [3.05, 3.63) is 41.2 Å². The lowest BCUT2D eigenvalue weighted by molar-refractivity contribution is -0.165. The predicted octanol–water partition coefficient (Wildman–Crippen LogP) is 0.658. The third-order valence-corrected chi connectivity index (χ3v) is 6.21. The number of hydrogen-bond donors (Lipinski definition) is 4. The molecule has 13 nitrogen and oxygen atoms in total. The number of rotatable bonds is 7. The number of amides is 3. The Balaban J connectivity index is 1.47. The highest BCUT2D eigenvalue weighted by atomic mass is 32.1. The standard InChI is InChI=1S/C22H27F2N7O6S/c1-22(2)36-17(19(32)28-35-3)18(37-22)20(33)31-6-4-30(5-7-31)16-12(23)8-11(9-13(16)24)15(26-21(34)38)14-10-25-29-27-14/h8-10,15,17-18H,4-7H2,1-3H3,(H,28,32)(H,25,27,29)(H2,26,34,38)/t15?,17-,18-/m1/s1. The zero-order chi connectivity index (χ0) is 27.6. The number of carbonyl (C=O) groups excluding carboxylic acids is 3. The summed E-state index contributed by atoms with van der Waals surface area (Å²) in [5.41, 5.74) is 2.22. The van der Waals surface area contributed by atoms with Gasteiger partial charge < -0.3 is 24.6 Å². The van der Waals surface area contributed by atoms with Gasteiger partial charge in [0.2, 0.25) is 0 Å². The highest BCUT2D eigenvalue weighted by Gasteiger charge is 2.50. The van der Waals surface area contributed by atoms with Crippen LogP contribution in [0.1, 0.15) is 31.1 Å². The normalized spacial score (nSPS) is 21.7. The van der Waals surface area contributed by atoms with Gasteiger partial charge in [-0.05, 0) is 31.5 Å². The van der Waals surface area contributed by atoms with E-state index in [1.54, 1.807) is 13.8 Å². The van der Waals surface area contributed by atoms with Crippen LogP contribution >= 0.6 is 12.6 Å². The minimum Gasteiger partial charge on any atom is -0.363 e. The monoisotopic (exact) mass is 555 g/mol. The van der Waals surface area contributed by atoms with Crippen molar-refractivity contribution in [3.8, 4) is 0 Å². The fourth-order valence-electron chi connectivity index (χ4n) is 4.48. The number of hydroxylamine groups is 1. The van der Waals surface area contributed by atoms with Gasteiger partial charge in [0.25, 0.3) is 17.1 Å². The lowest BCUT2D eigenvalue weighted by Gasteiger charge is -2.37. The molecule has 3 heterocycles. The molecule has 1 aromatic carbocycles. The number of thiol groups is 1. The number of aromatic nitrogens is 3. The zero-order valence-electron chi connectivity index (χ0n) is 20.7. The molecule has 3 N–H and O–H groups in total. The highest BCUT2D eigenvalue weighted by Crippen LogP contribution is 2.32. The summed E-state index contributed by atoms with van der Waals surface area (Å²) in [5, 5.41) is 11.7. The van der Waals surface area contributed by atoms with Gasteiger partial charge in [0.05, 0.1) is 13.3 Å². The van der Waals surface area contributed by atoms with Crippen LogP contribution in [0.3, 0.4) is 0 Å². The average Bonchev–Trinajstić information content (AvgIpc) is 3.50. The second-order valence-electron chi connectivity index (χ2n) is 9.07. The molecular weight excluding hydrogens is 528 g/mol. The van der Waals surface area contributed by atoms with Crippen molar-refractivity contribution in [2.75, 3.05) is 38.2 Å². The number of nitrogens with one attached hydrogen (secondary N) is 3. The van der Waals surface area contributed by atoms with Crippen molar-refractivity contribution in [1.29, 1.82) is 0 Å². The molecule has 0 bridgehead atoms. The molecular formula is C22H27F2N7O6S. The molecule has 38 heavy (non-hydrogen) atoms. The molecule has 1 unspecified atom stereocenters. The number of nitrogens with zero attached hydrogens (tertiary/aromatic N) is 4. The Morgan fingerprint density at radius 3 is 2.34 bits per heavy atom. The molecule has 3 amide bonds. The summed E-state index contributed by atoms with van der Waals surface area (Å²) in [6.45, 7) is 3.63. The first-order valence-electron chi connectivity index (χ1n) is 11.6. The number of piperazine rings is 1. The zero-order valence-corrected chi connectivity index (χ0v) is 21.6. The van der Waals surface area contributed by atoms with E-state index in [1.165, 1.54) is 23.1 Å². The molecule has 4 rings (SSSR count). The topological polar surface area (TPSA) is 151 Å². The molecule has 0 radical (unpaired) electrons. The van der Waals surface area contributed by atoms with Crippen LogP contribution in [0.2, 0.25) is 0 Å². The fraction of sp³-hybridized carbons (Fsp3) is 0.500. The van der Waals surface area contributed by atoms with E-state index in [0.717, 1.165) is 12.1 Å². The molecule has 0 aliphatic carbocycles. The molecule has 0 spiro atoms. The van der Waals surface area contributed by atoms with Gasteiger partial charge in [-0.2, -0.15) is 15.4 Å². The van der Waals surface area contributed by atoms with E-state index in [9.17, 15) is 14.4 Å². The van der Waals surface area contributed by atoms with E-state index in [1.807, 2.05) is 0 Å². The molecule has 3 atom stereocenters. The summed E-state index contributed by atoms with van der Waals surface area (Å²) in [6, 6.07) is 1.22. The summed E-state index contributed by atoms with van der Waals surface area (Å²) >= 11 is 3.69. The van der Waals surface area contributed by atoms with Crippen LogP contribution in [0.15, 0.2) is 18.3 Å². The van der Waals surface area contributed by atoms with Gasteiger partial charge >= 0.3 is 0 Å². The lowest BCUT2D eigenvalue weighted by atomic mass is 10.0. The van der Waals surface area contributed by atoms with Crippen LogP contribution in [0, 0.1) is 11.6 Å². The number of aromatic amines is 1. The molecule has 0 saturated carbocycles. The first-order chi connectivity index (χ1) is 18.0. The molecule has 2 aliphatic rings. The van der Waals surface area contributed by atoms with E-state index in [4.69, 9.17) is 9.47 Å². The smallest absolute Gasteiger partial charge is 0.276 e. The van der Waals surface area contributed by atoms with Gasteiger partial charge in [0, 0.05) is 26.2 Å². The summed E-state index contributed by atoms with van der Waals surface area (Å²) in [5.74, 6) is -4.04. The SMILES string of the molecule is CONC(=O)[C@@H]1OC(C)(C)O[C@H]1C(=O)N1CCN(c2c(F)cc(C(NC(=O)S)c3cn[nH]n3)cc2F)CC1. The van der Waals surface area contributed by atoms with Crippen molar-refractivity contribution < 1.29 is 37.5 Å². The Labute approximate surface area is 221 Å². The number of hydrogen-bond acceptors (Lipinski definition) is 9. The second kappa shape index (κ2) is 11.2. The van der Waals surface area contributed by atoms with Gasteiger partial charge in [-0.3, -0.25) is 19.2 Å². The molecule has 2 aliphatic heterocycles. The maximum atomic E-state index is 15.2. The Bertz CT molecular complexity index is 1170. The Hall–Kier alpha value is -3.34. The van der Waals surface area contributed by atoms with Gasteiger partial charge in [-0.25, -0.2) is 14.3 Å². The van der Waals surface area contributed by atoms with E-state index in [2.05, 4.69) is 43.7 Å². The van der Waals surface area contributed by atoms with Gasteiger partial charge in [-0.15, -0.1) is 0 Å². The summed E-state index contributed by atoms with van der Waals surface area (Å²) in [6.07, 6.45) is -1.12. The number of carbonyl (C=O) groups is 3. The van der Waals surface area contributed by atoms with Crippen molar-refractivity contribution in [2.24, 2.45) is 0 Å². The number of anilines is 1. The molecule has 206 valence electrons. The minimum absolute atomic E-state index is 0.107. The lowest BCUT2D eigenvalue weighted by Crippen LogP contribution is -2.55. The van der Waals surface area contributed by atoms with Crippen LogP contribution in [-0.4, -0.2) is 88.6 Å². The largest absolute Gasteiger partial charge is 0.363 e. The van der Waals surface area contributed by atoms with Crippen LogP contribution in [0.25, 0.3) is 0 Å². The first-order valence-corrected chi connectivity index (χ1v) is 12.0. The minimum atomic E-state index is -1.23. The average molecular weight is 556 g/mol. The van der Waals surface area contributed by atoms with E-state index < -0.39 is 52.7 Å². The number of halogens is 2. The van der Waals surface area contributed by atoms with Crippen molar-refractivity contribution in [3.63, 3.8) is 0 Å². The number of ether oxygens (including phenoxy) is 2. The number of H-pyrrole nitrogens is 1. The van der Waals surface area contributed by atoms with Crippen LogP contribution in [0.4, 0.5) is 19.3 Å². The highest BCUT2D eigenvalue weighted by molar-refractivity contribution is 7.96. The van der Waals surface area contributed by atoms with Crippen molar-refractivity contribution in [1.82, 2.24) is 31.1 Å². The Morgan fingerprint density at radius 1 is 1.16 bits per heavy atom. The molecule has 2 aromatic rings. The van der Waals surface area contributed by atoms with E-state index in [0.29, 0.717) is 0 Å². The quantitative estimate of drug-likeness (QED) is 0.285. The third-order valence-electron chi connectivity index (χ3n) is 6.08. The molecule has 1 aromatic heterocycles. The third kappa shape index (κ3) is 5.87. The number of benzene rings is 1. The Morgan fingerprint density at radius 2 is 1.79 bits per heavy atom. The molecule has 2 fully saturated rings. The van der Waals surface area contributed by atoms with Crippen LogP contribution in [0.5, 0.6) is 0 Å².